The van der Waals surface area contributed by atoms with Gasteiger partial charge in [-0.25, -0.2) is 0 Å². The highest BCUT2D eigenvalue weighted by atomic mass is 16.4. The maximum Gasteiger partial charge on any atom is 0.309 e. The molecular formula is C11H15NO4. The Morgan fingerprint density at radius 3 is 2.69 bits per heavy atom. The van der Waals surface area contributed by atoms with Gasteiger partial charge >= 0.3 is 5.97 Å². The number of carboxylic acid groups (broad SMARTS) is 1. The van der Waals surface area contributed by atoms with E-state index in [0.717, 1.165) is 5.56 Å². The molecule has 0 fully saturated rings. The van der Waals surface area contributed by atoms with Gasteiger partial charge < -0.3 is 14.8 Å². The number of aliphatic carboxylic acids is 1. The van der Waals surface area contributed by atoms with Crippen LogP contribution in [0.5, 0.6) is 0 Å². The van der Waals surface area contributed by atoms with Crippen LogP contribution in [0, 0.1) is 5.41 Å². The van der Waals surface area contributed by atoms with Gasteiger partial charge in [0.2, 0.25) is 5.91 Å². The van der Waals surface area contributed by atoms with Gasteiger partial charge in [-0.1, -0.05) is 0 Å². The van der Waals surface area contributed by atoms with Crippen molar-refractivity contribution in [3.05, 3.63) is 24.2 Å². The molecule has 0 aliphatic rings. The van der Waals surface area contributed by atoms with Crippen molar-refractivity contribution in [2.45, 2.75) is 26.8 Å². The van der Waals surface area contributed by atoms with Gasteiger partial charge in [-0.2, -0.15) is 0 Å². The van der Waals surface area contributed by atoms with E-state index in [4.69, 9.17) is 9.52 Å². The summed E-state index contributed by atoms with van der Waals surface area (Å²) in [5.74, 6) is -1.26. The summed E-state index contributed by atoms with van der Waals surface area (Å²) in [6, 6.07) is 1.74. The highest BCUT2D eigenvalue weighted by Crippen LogP contribution is 2.20. The van der Waals surface area contributed by atoms with Crippen LogP contribution >= 0.6 is 0 Å². The van der Waals surface area contributed by atoms with Crippen molar-refractivity contribution in [1.82, 2.24) is 5.32 Å². The molecule has 1 aromatic heterocycles. The monoisotopic (exact) mass is 225 g/mol. The molecule has 0 saturated heterocycles. The average Bonchev–Trinajstić information content (AvgIpc) is 2.66. The predicted octanol–water partition coefficient (Wildman–Crippen LogP) is 1.40. The molecule has 0 radical (unpaired) electrons. The standard InChI is InChI=1S/C11H15NO4/c1-11(2,10(14)15)5-9(13)12-6-8-3-4-16-7-8/h3-4,7H,5-6H2,1-2H3,(H,12,13)(H,14,15). The molecule has 0 unspecified atom stereocenters. The highest BCUT2D eigenvalue weighted by Gasteiger charge is 2.29. The summed E-state index contributed by atoms with van der Waals surface area (Å²) >= 11 is 0. The topological polar surface area (TPSA) is 79.5 Å². The van der Waals surface area contributed by atoms with Gasteiger partial charge in [0, 0.05) is 18.5 Å². The number of carbonyl (C=O) groups is 2. The predicted molar refractivity (Wildman–Crippen MR) is 56.6 cm³/mol. The third-order valence-corrected chi connectivity index (χ3v) is 2.25. The Kier molecular flexibility index (Phi) is 3.71. The van der Waals surface area contributed by atoms with Gasteiger partial charge in [0.05, 0.1) is 17.9 Å². The zero-order valence-corrected chi connectivity index (χ0v) is 9.32. The largest absolute Gasteiger partial charge is 0.481 e. The molecule has 0 atom stereocenters. The van der Waals surface area contributed by atoms with E-state index in [1.54, 1.807) is 6.07 Å². The van der Waals surface area contributed by atoms with Gasteiger partial charge in [-0.3, -0.25) is 9.59 Å². The van der Waals surface area contributed by atoms with Gasteiger partial charge in [0.1, 0.15) is 0 Å². The van der Waals surface area contributed by atoms with Crippen molar-refractivity contribution in [3.63, 3.8) is 0 Å². The Morgan fingerprint density at radius 2 is 2.19 bits per heavy atom. The first-order chi connectivity index (χ1) is 7.42. The second-order valence-corrected chi connectivity index (χ2v) is 4.27. The molecule has 0 bridgehead atoms. The van der Waals surface area contributed by atoms with Crippen LogP contribution in [0.2, 0.25) is 0 Å². The van der Waals surface area contributed by atoms with Crippen LogP contribution in [0.1, 0.15) is 25.8 Å². The molecule has 1 amide bonds. The molecular weight excluding hydrogens is 210 g/mol. The van der Waals surface area contributed by atoms with Crippen molar-refractivity contribution in [3.8, 4) is 0 Å². The molecule has 1 rings (SSSR count). The normalized spacial score (nSPS) is 11.1. The molecule has 1 aromatic rings. The summed E-state index contributed by atoms with van der Waals surface area (Å²) in [4.78, 5) is 22.2. The SMILES string of the molecule is CC(C)(CC(=O)NCc1ccoc1)C(=O)O. The summed E-state index contributed by atoms with van der Waals surface area (Å²) in [7, 11) is 0. The number of hydrogen-bond donors (Lipinski definition) is 2. The fraction of sp³-hybridized carbons (Fsp3) is 0.455. The Labute approximate surface area is 93.4 Å². The first-order valence-electron chi connectivity index (χ1n) is 4.93. The van der Waals surface area contributed by atoms with Crippen molar-refractivity contribution in [2.75, 3.05) is 0 Å². The Morgan fingerprint density at radius 1 is 1.50 bits per heavy atom. The summed E-state index contributed by atoms with van der Waals surface area (Å²) < 4.78 is 4.84. The zero-order chi connectivity index (χ0) is 12.2. The highest BCUT2D eigenvalue weighted by molar-refractivity contribution is 5.84. The van der Waals surface area contributed by atoms with Crippen molar-refractivity contribution in [1.29, 1.82) is 0 Å². The van der Waals surface area contributed by atoms with Crippen LogP contribution in [-0.2, 0) is 16.1 Å². The van der Waals surface area contributed by atoms with E-state index in [0.29, 0.717) is 6.54 Å². The van der Waals surface area contributed by atoms with Crippen LogP contribution in [-0.4, -0.2) is 17.0 Å². The van der Waals surface area contributed by atoms with Crippen LogP contribution in [0.3, 0.4) is 0 Å². The summed E-state index contributed by atoms with van der Waals surface area (Å²) in [5.41, 5.74) is -0.193. The number of nitrogens with one attached hydrogen (secondary N) is 1. The van der Waals surface area contributed by atoms with Crippen LogP contribution < -0.4 is 5.32 Å². The minimum absolute atomic E-state index is 0.0415. The third-order valence-electron chi connectivity index (χ3n) is 2.25. The second kappa shape index (κ2) is 4.83. The van der Waals surface area contributed by atoms with Gasteiger partial charge in [-0.15, -0.1) is 0 Å². The third kappa shape index (κ3) is 3.42. The quantitative estimate of drug-likeness (QED) is 0.793. The average molecular weight is 225 g/mol. The number of furan rings is 1. The van der Waals surface area contributed by atoms with Crippen LogP contribution in [0.15, 0.2) is 23.0 Å². The number of rotatable bonds is 5. The molecule has 5 heteroatoms. The van der Waals surface area contributed by atoms with Gasteiger partial charge in [0.15, 0.2) is 0 Å². The summed E-state index contributed by atoms with van der Waals surface area (Å²) in [5, 5.41) is 11.5. The summed E-state index contributed by atoms with van der Waals surface area (Å²) in [6.07, 6.45) is 3.01. The Bertz CT molecular complexity index is 367. The lowest BCUT2D eigenvalue weighted by Crippen LogP contribution is -2.33. The molecule has 1 heterocycles. The maximum absolute atomic E-state index is 11.5. The second-order valence-electron chi connectivity index (χ2n) is 4.27. The summed E-state index contributed by atoms with van der Waals surface area (Å²) in [6.45, 7) is 3.39. The van der Waals surface area contributed by atoms with Gasteiger partial charge in [-0.05, 0) is 19.9 Å². The minimum Gasteiger partial charge on any atom is -0.481 e. The first kappa shape index (κ1) is 12.3. The molecule has 16 heavy (non-hydrogen) atoms. The molecule has 0 spiro atoms. The van der Waals surface area contributed by atoms with E-state index in [2.05, 4.69) is 5.32 Å². The first-order valence-corrected chi connectivity index (χ1v) is 4.93. The van der Waals surface area contributed by atoms with E-state index < -0.39 is 11.4 Å². The number of carboxylic acids is 1. The molecule has 0 aliphatic heterocycles. The van der Waals surface area contributed by atoms with E-state index in [-0.39, 0.29) is 12.3 Å². The fourth-order valence-electron chi connectivity index (χ4n) is 1.13. The van der Waals surface area contributed by atoms with Crippen molar-refractivity contribution >= 4 is 11.9 Å². The van der Waals surface area contributed by atoms with Crippen molar-refractivity contribution in [2.24, 2.45) is 5.41 Å². The Balaban J connectivity index is 2.39. The molecule has 0 aromatic carbocycles. The van der Waals surface area contributed by atoms with Crippen LogP contribution in [0.25, 0.3) is 0 Å². The van der Waals surface area contributed by atoms with Gasteiger partial charge in [0.25, 0.3) is 0 Å². The minimum atomic E-state index is -1.04. The maximum atomic E-state index is 11.5. The molecule has 0 saturated carbocycles. The van der Waals surface area contributed by atoms with Crippen molar-refractivity contribution < 1.29 is 19.1 Å². The molecule has 5 nitrogen and oxygen atoms in total. The molecule has 0 aliphatic carbocycles. The molecule has 2 N–H and O–H groups in total. The number of carbonyl (C=O) groups excluding carboxylic acids is 1. The zero-order valence-electron chi connectivity index (χ0n) is 9.32. The lowest BCUT2D eigenvalue weighted by atomic mass is 9.89. The fourth-order valence-corrected chi connectivity index (χ4v) is 1.13. The van der Waals surface area contributed by atoms with E-state index >= 15 is 0 Å². The lowest BCUT2D eigenvalue weighted by molar-refractivity contribution is -0.149. The van der Waals surface area contributed by atoms with E-state index in [1.807, 2.05) is 0 Å². The molecule has 88 valence electrons. The van der Waals surface area contributed by atoms with Crippen LogP contribution in [0.4, 0.5) is 0 Å². The smallest absolute Gasteiger partial charge is 0.309 e. The number of amides is 1. The van der Waals surface area contributed by atoms with E-state index in [9.17, 15) is 9.59 Å². The van der Waals surface area contributed by atoms with E-state index in [1.165, 1.54) is 26.4 Å². The lowest BCUT2D eigenvalue weighted by Gasteiger charge is -2.17. The Hall–Kier alpha value is -1.78. The number of hydrogen-bond acceptors (Lipinski definition) is 3.